The molecule has 0 aromatic rings. The number of nitrogens with zero attached hydrogens (tertiary/aromatic N) is 1. The van der Waals surface area contributed by atoms with Gasteiger partial charge in [-0.3, -0.25) is 4.79 Å². The average Bonchev–Trinajstić information content (AvgIpc) is 2.96. The molecule has 4 aliphatic carbocycles. The van der Waals surface area contributed by atoms with Gasteiger partial charge in [-0.25, -0.2) is 0 Å². The molecule has 4 fully saturated rings. The highest BCUT2D eigenvalue weighted by molar-refractivity contribution is 5.87. The lowest BCUT2D eigenvalue weighted by molar-refractivity contribution is -0.134. The summed E-state index contributed by atoms with van der Waals surface area (Å²) in [6.45, 7) is 8.03. The number of hydrogen-bond donors (Lipinski definition) is 1. The summed E-state index contributed by atoms with van der Waals surface area (Å²) in [5.74, 6) is 3.16. The monoisotopic (exact) mass is 372 g/mol. The third-order valence-electron chi connectivity index (χ3n) is 8.87. The normalized spacial score (nSPS) is 46.9. The summed E-state index contributed by atoms with van der Waals surface area (Å²) in [7, 11) is 0. The molecule has 0 amide bonds. The molecule has 0 bridgehead atoms. The molecule has 2 N–H and O–H groups in total. The fourth-order valence-electron chi connectivity index (χ4n) is 7.33. The van der Waals surface area contributed by atoms with Crippen LogP contribution in [0.5, 0.6) is 0 Å². The van der Waals surface area contributed by atoms with Crippen LogP contribution in [0.4, 0.5) is 0 Å². The van der Waals surface area contributed by atoms with E-state index >= 15 is 0 Å². The van der Waals surface area contributed by atoms with Crippen molar-refractivity contribution in [2.75, 3.05) is 13.2 Å². The lowest BCUT2D eigenvalue weighted by Gasteiger charge is -2.60. The first-order valence-corrected chi connectivity index (χ1v) is 11.0. The summed E-state index contributed by atoms with van der Waals surface area (Å²) in [5.41, 5.74) is 8.63. The molecule has 4 nitrogen and oxygen atoms in total. The van der Waals surface area contributed by atoms with Crippen LogP contribution in [0.2, 0.25) is 0 Å². The first-order chi connectivity index (χ1) is 12.9. The fourth-order valence-corrected chi connectivity index (χ4v) is 7.33. The molecule has 150 valence electrons. The van der Waals surface area contributed by atoms with E-state index in [0.29, 0.717) is 42.1 Å². The average molecular weight is 373 g/mol. The van der Waals surface area contributed by atoms with Crippen LogP contribution in [0.3, 0.4) is 0 Å². The second-order valence-corrected chi connectivity index (χ2v) is 9.90. The van der Waals surface area contributed by atoms with Gasteiger partial charge in [-0.05, 0) is 81.0 Å². The van der Waals surface area contributed by atoms with Gasteiger partial charge in [-0.15, -0.1) is 0 Å². The molecule has 0 saturated heterocycles. The molecule has 0 spiro atoms. The van der Waals surface area contributed by atoms with Crippen molar-refractivity contribution in [3.05, 3.63) is 11.6 Å². The maximum atomic E-state index is 12.6. The Morgan fingerprint density at radius 2 is 2.00 bits per heavy atom. The molecular weight excluding hydrogens is 336 g/mol. The van der Waals surface area contributed by atoms with Crippen molar-refractivity contribution in [3.63, 3.8) is 0 Å². The van der Waals surface area contributed by atoms with E-state index in [9.17, 15) is 4.79 Å². The summed E-state index contributed by atoms with van der Waals surface area (Å²) in [6, 6.07) is 0. The van der Waals surface area contributed by atoms with Crippen LogP contribution < -0.4 is 5.73 Å². The smallest absolute Gasteiger partial charge is 0.139 e. The van der Waals surface area contributed by atoms with E-state index < -0.39 is 0 Å². The zero-order chi connectivity index (χ0) is 19.2. The Morgan fingerprint density at radius 3 is 2.74 bits per heavy atom. The summed E-state index contributed by atoms with van der Waals surface area (Å²) in [6.07, 6.45) is 11.1. The Bertz CT molecular complexity index is 669. The second-order valence-electron chi connectivity index (χ2n) is 9.90. The Morgan fingerprint density at radius 1 is 1.19 bits per heavy atom. The first-order valence-electron chi connectivity index (χ1n) is 11.0. The van der Waals surface area contributed by atoms with Gasteiger partial charge in [0.25, 0.3) is 0 Å². The molecule has 1 unspecified atom stereocenters. The Balaban J connectivity index is 1.61. The predicted octanol–water partition coefficient (Wildman–Crippen LogP) is 4.49. The van der Waals surface area contributed by atoms with E-state index in [1.807, 2.05) is 0 Å². The van der Waals surface area contributed by atoms with Gasteiger partial charge in [-0.1, -0.05) is 30.7 Å². The lowest BCUT2D eigenvalue weighted by Crippen LogP contribution is -2.54. The van der Waals surface area contributed by atoms with Gasteiger partial charge in [0.05, 0.1) is 5.71 Å². The molecule has 27 heavy (non-hydrogen) atoms. The number of allylic oxidation sites excluding steroid dienone is 2. The van der Waals surface area contributed by atoms with Gasteiger partial charge in [0.15, 0.2) is 0 Å². The predicted molar refractivity (Wildman–Crippen MR) is 108 cm³/mol. The minimum atomic E-state index is -0.0411. The molecule has 0 heterocycles. The molecule has 0 aromatic heterocycles. The number of oxime groups is 1. The highest BCUT2D eigenvalue weighted by Gasteiger charge is 2.60. The topological polar surface area (TPSA) is 64.7 Å². The van der Waals surface area contributed by atoms with Crippen LogP contribution in [0.1, 0.15) is 72.1 Å². The third kappa shape index (κ3) is 2.90. The lowest BCUT2D eigenvalue weighted by atomic mass is 9.44. The van der Waals surface area contributed by atoms with Gasteiger partial charge in [0.2, 0.25) is 0 Å². The molecule has 0 radical (unpaired) electrons. The van der Waals surface area contributed by atoms with Crippen molar-refractivity contribution in [1.82, 2.24) is 0 Å². The molecule has 0 aromatic carbocycles. The highest BCUT2D eigenvalue weighted by atomic mass is 16.6. The third-order valence-corrected chi connectivity index (χ3v) is 8.87. The Hall–Kier alpha value is -1.16. The molecule has 6 atom stereocenters. The largest absolute Gasteiger partial charge is 0.395 e. The number of hydrogen-bond acceptors (Lipinski definition) is 4. The molecular formula is C23H36N2O2. The fraction of sp³-hybridized carbons (Fsp3) is 0.826. The molecule has 4 rings (SSSR count). The van der Waals surface area contributed by atoms with Crippen LogP contribution in [0.25, 0.3) is 0 Å². The minimum Gasteiger partial charge on any atom is -0.395 e. The number of Topliss-reactive ketones (excluding diaryl/α,β-unsaturated/α-hetero) is 1. The molecule has 4 heteroatoms. The van der Waals surface area contributed by atoms with Crippen molar-refractivity contribution in [3.8, 4) is 0 Å². The Labute approximate surface area is 164 Å². The van der Waals surface area contributed by atoms with Crippen molar-refractivity contribution >= 4 is 11.5 Å². The molecule has 0 aliphatic heterocycles. The molecule has 4 saturated carbocycles. The van der Waals surface area contributed by atoms with Crippen LogP contribution in [0, 0.1) is 34.5 Å². The quantitative estimate of drug-likeness (QED) is 0.451. The van der Waals surface area contributed by atoms with Crippen LogP contribution in [-0.2, 0) is 9.63 Å². The van der Waals surface area contributed by atoms with Gasteiger partial charge >= 0.3 is 0 Å². The minimum absolute atomic E-state index is 0.0411. The zero-order valence-electron chi connectivity index (χ0n) is 17.3. The van der Waals surface area contributed by atoms with Crippen molar-refractivity contribution in [1.29, 1.82) is 0 Å². The maximum absolute atomic E-state index is 12.6. The van der Waals surface area contributed by atoms with Gasteiger partial charge < -0.3 is 10.6 Å². The molecule has 4 aliphatic rings. The number of carbonyl (C=O) groups excluding carboxylic acids is 1. The van der Waals surface area contributed by atoms with Crippen molar-refractivity contribution in [2.24, 2.45) is 45.4 Å². The first kappa shape index (κ1) is 19.2. The van der Waals surface area contributed by atoms with E-state index in [2.05, 4.69) is 32.0 Å². The second kappa shape index (κ2) is 7.02. The van der Waals surface area contributed by atoms with Crippen molar-refractivity contribution in [2.45, 2.75) is 72.1 Å². The van der Waals surface area contributed by atoms with Crippen LogP contribution in [-0.4, -0.2) is 24.6 Å². The van der Waals surface area contributed by atoms with Gasteiger partial charge in [0, 0.05) is 18.4 Å². The van der Waals surface area contributed by atoms with Crippen LogP contribution >= 0.6 is 0 Å². The summed E-state index contributed by atoms with van der Waals surface area (Å²) in [4.78, 5) is 18.0. The van der Waals surface area contributed by atoms with E-state index in [4.69, 9.17) is 10.6 Å². The van der Waals surface area contributed by atoms with E-state index in [1.54, 1.807) is 5.57 Å². The Kier molecular flexibility index (Phi) is 4.99. The number of nitrogens with two attached hydrogens (primary N) is 1. The maximum Gasteiger partial charge on any atom is 0.139 e. The standard InChI is InChI=1S/C23H36N2O2/c1-4-15-13-17-18-5-6-21(26)23(18,3)10-8-19(17)22(2)9-7-16(14-20(15)22)25-27-12-11-24/h4,17-20H,5-14,24H2,1-3H3/b15-4+,25-16-/t17-,18-,19-,20?,22+,23-/m0/s1. The zero-order valence-corrected chi connectivity index (χ0v) is 17.3. The number of carbonyl (C=O) groups is 1. The van der Waals surface area contributed by atoms with E-state index in [0.717, 1.165) is 38.0 Å². The number of rotatable bonds is 3. The van der Waals surface area contributed by atoms with E-state index in [1.165, 1.54) is 25.0 Å². The summed E-state index contributed by atoms with van der Waals surface area (Å²) in [5, 5.41) is 4.41. The number of fused-ring (bicyclic) bond motifs is 5. The van der Waals surface area contributed by atoms with E-state index in [-0.39, 0.29) is 5.41 Å². The summed E-state index contributed by atoms with van der Waals surface area (Å²) >= 11 is 0. The van der Waals surface area contributed by atoms with Gasteiger partial charge in [0.1, 0.15) is 12.4 Å². The summed E-state index contributed by atoms with van der Waals surface area (Å²) < 4.78 is 0. The van der Waals surface area contributed by atoms with Crippen LogP contribution in [0.15, 0.2) is 16.8 Å². The highest BCUT2D eigenvalue weighted by Crippen LogP contribution is 2.66. The van der Waals surface area contributed by atoms with Crippen molar-refractivity contribution < 1.29 is 9.63 Å². The SMILES string of the molecule is C/C=C1\C[C@@H]2[C@H](CC[C@]3(C)C(=O)CC[C@@H]23)[C@@]2(C)CC/C(=N/OCCN)CC12. The van der Waals surface area contributed by atoms with Gasteiger partial charge in [-0.2, -0.15) is 0 Å². The number of ketones is 1.